The summed E-state index contributed by atoms with van der Waals surface area (Å²) >= 11 is 0. The summed E-state index contributed by atoms with van der Waals surface area (Å²) in [4.78, 5) is 11.7. The maximum atomic E-state index is 4.11. The van der Waals surface area contributed by atoms with Gasteiger partial charge in [-0.3, -0.25) is 0 Å². The summed E-state index contributed by atoms with van der Waals surface area (Å²) in [5, 5.41) is 2.46. The van der Waals surface area contributed by atoms with Gasteiger partial charge in [-0.1, -0.05) is 30.3 Å². The molecule has 0 saturated carbocycles. The van der Waals surface area contributed by atoms with E-state index in [1.54, 1.807) is 6.33 Å². The third-order valence-corrected chi connectivity index (χ3v) is 3.40. The average molecular weight is 245 g/mol. The van der Waals surface area contributed by atoms with Crippen molar-refractivity contribution in [2.24, 2.45) is 0 Å². The fraction of sp³-hybridized carbons (Fsp3) is 0. The summed E-state index contributed by atoms with van der Waals surface area (Å²) in [5.41, 5.74) is 4.50. The van der Waals surface area contributed by atoms with E-state index in [0.717, 1.165) is 22.2 Å². The number of H-pyrrole nitrogens is 1. The molecular weight excluding hydrogens is 234 g/mol. The molecule has 0 unspecified atom stereocenters. The normalized spacial score (nSPS) is 11.2. The topological polar surface area (TPSA) is 41.6 Å². The van der Waals surface area contributed by atoms with Crippen LogP contribution in [0.25, 0.3) is 32.9 Å². The second kappa shape index (κ2) is 3.92. The van der Waals surface area contributed by atoms with Crippen LogP contribution < -0.4 is 0 Å². The molecule has 2 aromatic carbocycles. The molecule has 0 atom stereocenters. The molecule has 0 aliphatic heterocycles. The lowest BCUT2D eigenvalue weighted by Gasteiger charge is -2.02. The van der Waals surface area contributed by atoms with E-state index in [4.69, 9.17) is 0 Å². The van der Waals surface area contributed by atoms with Gasteiger partial charge < -0.3 is 4.98 Å². The molecule has 0 fully saturated rings. The Hall–Kier alpha value is -2.68. The molecule has 0 amide bonds. The SMILES string of the molecule is c1ccc2c(c1)[nH]c1cccc(-c3cncnc3)c12. The summed E-state index contributed by atoms with van der Waals surface area (Å²) < 4.78 is 0. The number of rotatable bonds is 1. The van der Waals surface area contributed by atoms with Gasteiger partial charge >= 0.3 is 0 Å². The van der Waals surface area contributed by atoms with Crippen LogP contribution in [0.2, 0.25) is 0 Å². The zero-order chi connectivity index (χ0) is 12.7. The molecule has 0 bridgehead atoms. The van der Waals surface area contributed by atoms with Crippen LogP contribution in [0, 0.1) is 0 Å². The predicted octanol–water partition coefficient (Wildman–Crippen LogP) is 3.78. The number of hydrogen-bond acceptors (Lipinski definition) is 2. The smallest absolute Gasteiger partial charge is 0.115 e. The molecule has 2 heterocycles. The van der Waals surface area contributed by atoms with Crippen LogP contribution in [0.15, 0.2) is 61.2 Å². The molecule has 3 heteroatoms. The monoisotopic (exact) mass is 245 g/mol. The third-order valence-electron chi connectivity index (χ3n) is 3.40. The first-order valence-electron chi connectivity index (χ1n) is 6.18. The van der Waals surface area contributed by atoms with E-state index in [1.807, 2.05) is 18.5 Å². The fourth-order valence-electron chi connectivity index (χ4n) is 2.58. The lowest BCUT2D eigenvalue weighted by Crippen LogP contribution is -1.83. The highest BCUT2D eigenvalue weighted by atomic mass is 14.8. The van der Waals surface area contributed by atoms with Gasteiger partial charge in [-0.25, -0.2) is 9.97 Å². The van der Waals surface area contributed by atoms with E-state index < -0.39 is 0 Å². The highest BCUT2D eigenvalue weighted by molar-refractivity contribution is 6.13. The Balaban J connectivity index is 2.17. The van der Waals surface area contributed by atoms with Crippen molar-refractivity contribution in [3.05, 3.63) is 61.2 Å². The second-order valence-electron chi connectivity index (χ2n) is 4.53. The number of nitrogens with one attached hydrogen (secondary N) is 1. The molecule has 4 rings (SSSR count). The van der Waals surface area contributed by atoms with E-state index in [0.29, 0.717) is 0 Å². The average Bonchev–Trinajstić information content (AvgIpc) is 2.86. The number of hydrogen-bond donors (Lipinski definition) is 1. The van der Waals surface area contributed by atoms with E-state index in [9.17, 15) is 0 Å². The van der Waals surface area contributed by atoms with E-state index >= 15 is 0 Å². The number of nitrogens with zero attached hydrogens (tertiary/aromatic N) is 2. The molecule has 2 aromatic heterocycles. The Morgan fingerprint density at radius 1 is 0.789 bits per heavy atom. The molecule has 0 radical (unpaired) electrons. The minimum absolute atomic E-state index is 1.04. The Bertz CT molecular complexity index is 863. The van der Waals surface area contributed by atoms with Crippen molar-refractivity contribution < 1.29 is 0 Å². The Kier molecular flexibility index (Phi) is 2.12. The van der Waals surface area contributed by atoms with Crippen LogP contribution in [0.5, 0.6) is 0 Å². The van der Waals surface area contributed by atoms with E-state index in [1.165, 1.54) is 10.8 Å². The van der Waals surface area contributed by atoms with Gasteiger partial charge in [0, 0.05) is 39.8 Å². The van der Waals surface area contributed by atoms with Crippen LogP contribution in [-0.2, 0) is 0 Å². The first-order chi connectivity index (χ1) is 9.43. The maximum Gasteiger partial charge on any atom is 0.115 e. The zero-order valence-electron chi connectivity index (χ0n) is 10.2. The second-order valence-corrected chi connectivity index (χ2v) is 4.53. The van der Waals surface area contributed by atoms with Gasteiger partial charge in [-0.2, -0.15) is 0 Å². The summed E-state index contributed by atoms with van der Waals surface area (Å²) in [5.74, 6) is 0. The van der Waals surface area contributed by atoms with Crippen molar-refractivity contribution in [1.29, 1.82) is 0 Å². The highest BCUT2D eigenvalue weighted by Gasteiger charge is 2.09. The molecule has 0 aliphatic carbocycles. The Morgan fingerprint density at radius 3 is 2.47 bits per heavy atom. The minimum Gasteiger partial charge on any atom is -0.354 e. The molecule has 1 N–H and O–H groups in total. The zero-order valence-corrected chi connectivity index (χ0v) is 10.2. The number of fused-ring (bicyclic) bond motifs is 3. The van der Waals surface area contributed by atoms with Crippen molar-refractivity contribution in [2.75, 3.05) is 0 Å². The summed E-state index contributed by atoms with van der Waals surface area (Å²) in [6, 6.07) is 14.6. The number of aromatic amines is 1. The van der Waals surface area contributed by atoms with Crippen LogP contribution in [0.3, 0.4) is 0 Å². The fourth-order valence-corrected chi connectivity index (χ4v) is 2.58. The van der Waals surface area contributed by atoms with Gasteiger partial charge in [-0.15, -0.1) is 0 Å². The van der Waals surface area contributed by atoms with Gasteiger partial charge in [0.15, 0.2) is 0 Å². The summed E-state index contributed by atoms with van der Waals surface area (Å²) in [6.07, 6.45) is 5.26. The molecule has 0 aliphatic rings. The number of benzene rings is 2. The van der Waals surface area contributed by atoms with Crippen molar-refractivity contribution in [1.82, 2.24) is 15.0 Å². The largest absolute Gasteiger partial charge is 0.354 e. The van der Waals surface area contributed by atoms with Gasteiger partial charge in [-0.05, 0) is 17.7 Å². The molecule has 3 nitrogen and oxygen atoms in total. The summed E-state index contributed by atoms with van der Waals surface area (Å²) in [7, 11) is 0. The Morgan fingerprint density at radius 2 is 1.58 bits per heavy atom. The van der Waals surface area contributed by atoms with Crippen LogP contribution in [0.4, 0.5) is 0 Å². The molecule has 19 heavy (non-hydrogen) atoms. The lowest BCUT2D eigenvalue weighted by atomic mass is 10.0. The van der Waals surface area contributed by atoms with E-state index in [-0.39, 0.29) is 0 Å². The Labute approximate surface area is 110 Å². The van der Waals surface area contributed by atoms with Gasteiger partial charge in [0.1, 0.15) is 6.33 Å². The molecule has 0 saturated heterocycles. The molecule has 4 aromatic rings. The minimum atomic E-state index is 1.04. The van der Waals surface area contributed by atoms with Crippen molar-refractivity contribution >= 4 is 21.8 Å². The number of para-hydroxylation sites is 1. The summed E-state index contributed by atoms with van der Waals surface area (Å²) in [6.45, 7) is 0. The van der Waals surface area contributed by atoms with Gasteiger partial charge in [0.05, 0.1) is 0 Å². The first kappa shape index (κ1) is 10.3. The molecule has 0 spiro atoms. The van der Waals surface area contributed by atoms with E-state index in [2.05, 4.69) is 51.4 Å². The van der Waals surface area contributed by atoms with Gasteiger partial charge in [0.25, 0.3) is 0 Å². The third kappa shape index (κ3) is 1.52. The van der Waals surface area contributed by atoms with Crippen LogP contribution >= 0.6 is 0 Å². The van der Waals surface area contributed by atoms with Crippen molar-refractivity contribution in [3.63, 3.8) is 0 Å². The predicted molar refractivity (Wildman–Crippen MR) is 76.8 cm³/mol. The molecule has 90 valence electrons. The van der Waals surface area contributed by atoms with Crippen LogP contribution in [-0.4, -0.2) is 15.0 Å². The van der Waals surface area contributed by atoms with Crippen molar-refractivity contribution in [2.45, 2.75) is 0 Å². The highest BCUT2D eigenvalue weighted by Crippen LogP contribution is 2.33. The lowest BCUT2D eigenvalue weighted by molar-refractivity contribution is 1.17. The van der Waals surface area contributed by atoms with Crippen molar-refractivity contribution in [3.8, 4) is 11.1 Å². The van der Waals surface area contributed by atoms with Crippen LogP contribution in [0.1, 0.15) is 0 Å². The molecular formula is C16H11N3. The maximum absolute atomic E-state index is 4.11. The van der Waals surface area contributed by atoms with Gasteiger partial charge in [0.2, 0.25) is 0 Å². The first-order valence-corrected chi connectivity index (χ1v) is 6.18. The quantitative estimate of drug-likeness (QED) is 0.554. The standard InChI is InChI=1S/C16H11N3/c1-2-6-14-13(4-1)16-12(5-3-7-15(16)19-14)11-8-17-10-18-9-11/h1-10,19H. The number of aromatic nitrogens is 3.